The van der Waals surface area contributed by atoms with Crippen LogP contribution in [0.4, 0.5) is 5.69 Å². The first kappa shape index (κ1) is 11.0. The zero-order valence-corrected chi connectivity index (χ0v) is 10.5. The summed E-state index contributed by atoms with van der Waals surface area (Å²) in [5.41, 5.74) is 1.09. The minimum absolute atomic E-state index is 0.356. The second kappa shape index (κ2) is 4.54. The van der Waals surface area contributed by atoms with Gasteiger partial charge in [0.25, 0.3) is 0 Å². The second-order valence-corrected chi connectivity index (χ2v) is 4.89. The van der Waals surface area contributed by atoms with Crippen LogP contribution in [-0.2, 0) is 4.79 Å². The molecule has 1 aromatic carbocycles. The second-order valence-electron chi connectivity index (χ2n) is 3.62. The van der Waals surface area contributed by atoms with Crippen LogP contribution in [0.5, 0.6) is 0 Å². The number of ketones is 1. The van der Waals surface area contributed by atoms with E-state index in [1.165, 1.54) is 0 Å². The first-order chi connectivity index (χ1) is 7.16. The number of anilines is 1. The van der Waals surface area contributed by atoms with Gasteiger partial charge in [0.15, 0.2) is 0 Å². The van der Waals surface area contributed by atoms with Gasteiger partial charge in [0.05, 0.1) is 5.02 Å². The minimum atomic E-state index is 0.356. The molecular formula is C11H11BrClNO. The molecule has 1 aliphatic heterocycles. The maximum atomic E-state index is 11.1. The van der Waals surface area contributed by atoms with E-state index in [2.05, 4.69) is 20.8 Å². The van der Waals surface area contributed by atoms with Crippen molar-refractivity contribution >= 4 is 39.0 Å². The summed E-state index contributed by atoms with van der Waals surface area (Å²) in [6.45, 7) is 1.60. The third-order valence-corrected chi connectivity index (χ3v) is 3.82. The molecule has 80 valence electrons. The molecule has 0 spiro atoms. The smallest absolute Gasteiger partial charge is 0.136 e. The summed E-state index contributed by atoms with van der Waals surface area (Å²) < 4.78 is 0.904. The number of carbonyl (C=O) groups excluding carboxylic acids is 1. The largest absolute Gasteiger partial charge is 0.371 e. The minimum Gasteiger partial charge on any atom is -0.371 e. The quantitative estimate of drug-likeness (QED) is 0.790. The van der Waals surface area contributed by atoms with Crippen molar-refractivity contribution in [1.29, 1.82) is 0 Å². The summed E-state index contributed by atoms with van der Waals surface area (Å²) in [6, 6.07) is 5.89. The van der Waals surface area contributed by atoms with Crippen molar-refractivity contribution in [3.05, 3.63) is 27.7 Å². The van der Waals surface area contributed by atoms with Gasteiger partial charge in [-0.1, -0.05) is 11.6 Å². The van der Waals surface area contributed by atoms with E-state index in [0.29, 0.717) is 23.6 Å². The van der Waals surface area contributed by atoms with E-state index in [0.717, 1.165) is 23.2 Å². The highest BCUT2D eigenvalue weighted by atomic mass is 79.9. The van der Waals surface area contributed by atoms with Crippen molar-refractivity contribution in [2.75, 3.05) is 18.0 Å². The molecule has 0 radical (unpaired) electrons. The van der Waals surface area contributed by atoms with Gasteiger partial charge in [-0.3, -0.25) is 4.79 Å². The summed E-state index contributed by atoms with van der Waals surface area (Å²) in [5.74, 6) is 0.356. The number of nitrogens with zero attached hydrogens (tertiary/aromatic N) is 1. The molecule has 0 aliphatic carbocycles. The standard InChI is InChI=1S/C11H11BrClNO/c12-10-2-1-8(7-11(10)13)14-5-3-9(15)4-6-14/h1-2,7H,3-6H2. The number of benzene rings is 1. The number of rotatable bonds is 1. The van der Waals surface area contributed by atoms with Gasteiger partial charge in [0.2, 0.25) is 0 Å². The molecule has 0 bridgehead atoms. The Morgan fingerprint density at radius 1 is 1.27 bits per heavy atom. The lowest BCUT2D eigenvalue weighted by molar-refractivity contribution is -0.119. The monoisotopic (exact) mass is 287 g/mol. The molecule has 0 aromatic heterocycles. The van der Waals surface area contributed by atoms with E-state index in [-0.39, 0.29) is 0 Å². The van der Waals surface area contributed by atoms with Crippen molar-refractivity contribution in [2.24, 2.45) is 0 Å². The van der Waals surface area contributed by atoms with E-state index in [4.69, 9.17) is 11.6 Å². The van der Waals surface area contributed by atoms with Crippen molar-refractivity contribution in [1.82, 2.24) is 0 Å². The summed E-state index contributed by atoms with van der Waals surface area (Å²) in [7, 11) is 0. The predicted molar refractivity (Wildman–Crippen MR) is 65.6 cm³/mol. The first-order valence-corrected chi connectivity index (χ1v) is 6.05. The molecule has 1 aromatic rings. The lowest BCUT2D eigenvalue weighted by Crippen LogP contribution is -2.33. The van der Waals surface area contributed by atoms with Crippen molar-refractivity contribution in [3.8, 4) is 0 Å². The molecule has 0 unspecified atom stereocenters. The van der Waals surface area contributed by atoms with E-state index in [1.54, 1.807) is 0 Å². The van der Waals surface area contributed by atoms with Crippen LogP contribution in [0, 0.1) is 0 Å². The lowest BCUT2D eigenvalue weighted by Gasteiger charge is -2.28. The zero-order chi connectivity index (χ0) is 10.8. The summed E-state index contributed by atoms with van der Waals surface area (Å²) in [4.78, 5) is 13.3. The predicted octanol–water partition coefficient (Wildman–Crippen LogP) is 3.27. The average molecular weight is 289 g/mol. The molecule has 1 aliphatic rings. The Morgan fingerprint density at radius 3 is 2.53 bits per heavy atom. The molecule has 1 fully saturated rings. The van der Waals surface area contributed by atoms with Gasteiger partial charge in [-0.05, 0) is 34.1 Å². The summed E-state index contributed by atoms with van der Waals surface area (Å²) in [5, 5.41) is 0.712. The molecule has 0 N–H and O–H groups in total. The molecule has 0 saturated carbocycles. The Bertz CT molecular complexity index is 384. The van der Waals surface area contributed by atoms with Gasteiger partial charge in [0, 0.05) is 36.1 Å². The normalized spacial score (nSPS) is 16.9. The molecule has 4 heteroatoms. The lowest BCUT2D eigenvalue weighted by atomic mass is 10.1. The fourth-order valence-electron chi connectivity index (χ4n) is 1.70. The van der Waals surface area contributed by atoms with E-state index < -0.39 is 0 Å². The Hall–Kier alpha value is -0.540. The van der Waals surface area contributed by atoms with Crippen molar-refractivity contribution in [2.45, 2.75) is 12.8 Å². The zero-order valence-electron chi connectivity index (χ0n) is 8.17. The summed E-state index contributed by atoms with van der Waals surface area (Å²) in [6.07, 6.45) is 1.29. The SMILES string of the molecule is O=C1CCN(c2ccc(Br)c(Cl)c2)CC1. The van der Waals surface area contributed by atoms with Crippen LogP contribution in [0.3, 0.4) is 0 Å². The van der Waals surface area contributed by atoms with Gasteiger partial charge in [0.1, 0.15) is 5.78 Å². The Balaban J connectivity index is 2.16. The third-order valence-electron chi connectivity index (χ3n) is 2.59. The topological polar surface area (TPSA) is 20.3 Å². The van der Waals surface area contributed by atoms with Crippen LogP contribution < -0.4 is 4.90 Å². The Kier molecular flexibility index (Phi) is 3.32. The van der Waals surface area contributed by atoms with Crippen LogP contribution >= 0.6 is 27.5 Å². The molecule has 0 amide bonds. The molecule has 1 saturated heterocycles. The van der Waals surface area contributed by atoms with Gasteiger partial charge in [-0.2, -0.15) is 0 Å². The maximum absolute atomic E-state index is 11.1. The molecule has 2 nitrogen and oxygen atoms in total. The van der Waals surface area contributed by atoms with Gasteiger partial charge in [-0.25, -0.2) is 0 Å². The summed E-state index contributed by atoms with van der Waals surface area (Å²) >= 11 is 9.38. The number of hydrogen-bond donors (Lipinski definition) is 0. The van der Waals surface area contributed by atoms with Gasteiger partial charge in [-0.15, -0.1) is 0 Å². The first-order valence-electron chi connectivity index (χ1n) is 4.88. The highest BCUT2D eigenvalue weighted by molar-refractivity contribution is 9.10. The number of Topliss-reactive ketones (excluding diaryl/α,β-unsaturated/α-hetero) is 1. The van der Waals surface area contributed by atoms with E-state index >= 15 is 0 Å². The highest BCUT2D eigenvalue weighted by Gasteiger charge is 2.16. The van der Waals surface area contributed by atoms with Crippen LogP contribution in [0.2, 0.25) is 5.02 Å². The molecule has 0 atom stereocenters. The highest BCUT2D eigenvalue weighted by Crippen LogP contribution is 2.28. The van der Waals surface area contributed by atoms with Crippen LogP contribution in [0.15, 0.2) is 22.7 Å². The molecule has 1 heterocycles. The number of piperidine rings is 1. The number of hydrogen-bond acceptors (Lipinski definition) is 2. The van der Waals surface area contributed by atoms with Crippen LogP contribution in [-0.4, -0.2) is 18.9 Å². The van der Waals surface area contributed by atoms with Crippen molar-refractivity contribution < 1.29 is 4.79 Å². The Labute approximate surface area is 102 Å². The molecule has 2 rings (SSSR count). The molecular weight excluding hydrogens is 277 g/mol. The average Bonchev–Trinajstić information content (AvgIpc) is 2.23. The number of halogens is 2. The number of carbonyl (C=O) groups is 1. The molecule has 15 heavy (non-hydrogen) atoms. The Morgan fingerprint density at radius 2 is 1.93 bits per heavy atom. The van der Waals surface area contributed by atoms with Gasteiger partial charge < -0.3 is 4.90 Å². The van der Waals surface area contributed by atoms with Crippen molar-refractivity contribution in [3.63, 3.8) is 0 Å². The van der Waals surface area contributed by atoms with Crippen LogP contribution in [0.1, 0.15) is 12.8 Å². The van der Waals surface area contributed by atoms with Gasteiger partial charge >= 0.3 is 0 Å². The third kappa shape index (κ3) is 2.52. The fraction of sp³-hybridized carbons (Fsp3) is 0.364. The fourth-order valence-corrected chi connectivity index (χ4v) is 2.12. The maximum Gasteiger partial charge on any atom is 0.136 e. The van der Waals surface area contributed by atoms with E-state index in [9.17, 15) is 4.79 Å². The van der Waals surface area contributed by atoms with E-state index in [1.807, 2.05) is 18.2 Å². The van der Waals surface area contributed by atoms with Crippen LogP contribution in [0.25, 0.3) is 0 Å².